The number of amides is 1. The summed E-state index contributed by atoms with van der Waals surface area (Å²) in [5, 5.41) is 11.5. The SMILES string of the molecule is CSCC[C@H](NC(=O)C=Cc1cccc(Br)c1)c1nnc2ccccn12. The van der Waals surface area contributed by atoms with Gasteiger partial charge in [-0.05, 0) is 54.3 Å². The number of pyridine rings is 1. The highest BCUT2D eigenvalue weighted by molar-refractivity contribution is 9.10. The summed E-state index contributed by atoms with van der Waals surface area (Å²) in [6.45, 7) is 0. The zero-order valence-corrected chi connectivity index (χ0v) is 16.7. The highest BCUT2D eigenvalue weighted by Gasteiger charge is 2.19. The van der Waals surface area contributed by atoms with Crippen molar-refractivity contribution in [1.29, 1.82) is 0 Å². The van der Waals surface area contributed by atoms with Crippen LogP contribution < -0.4 is 5.32 Å². The second kappa shape index (κ2) is 9.00. The third kappa shape index (κ3) is 4.74. The van der Waals surface area contributed by atoms with Gasteiger partial charge in [0.1, 0.15) is 0 Å². The Morgan fingerprint density at radius 2 is 2.19 bits per heavy atom. The van der Waals surface area contributed by atoms with Crippen molar-refractivity contribution in [2.45, 2.75) is 12.5 Å². The minimum Gasteiger partial charge on any atom is -0.342 e. The van der Waals surface area contributed by atoms with Crippen LogP contribution in [0.5, 0.6) is 0 Å². The molecule has 0 spiro atoms. The second-order valence-electron chi connectivity index (χ2n) is 5.72. The maximum Gasteiger partial charge on any atom is 0.244 e. The average Bonchev–Trinajstić information content (AvgIpc) is 3.07. The van der Waals surface area contributed by atoms with E-state index in [1.807, 2.05) is 59.3 Å². The number of fused-ring (bicyclic) bond motifs is 1. The molecule has 1 N–H and O–H groups in total. The molecule has 0 bridgehead atoms. The first-order valence-electron chi connectivity index (χ1n) is 8.20. The van der Waals surface area contributed by atoms with Gasteiger partial charge in [-0.1, -0.05) is 34.1 Å². The third-order valence-electron chi connectivity index (χ3n) is 3.85. The summed E-state index contributed by atoms with van der Waals surface area (Å²) < 4.78 is 2.90. The standard InChI is InChI=1S/C19H19BrN4OS/c1-26-12-10-16(19-23-22-17-7-2-3-11-24(17)19)21-18(25)9-8-14-5-4-6-15(20)13-14/h2-9,11,13,16H,10,12H2,1H3,(H,21,25)/t16-/m0/s1. The lowest BCUT2D eigenvalue weighted by Crippen LogP contribution is -2.29. The molecule has 0 radical (unpaired) electrons. The number of thioether (sulfide) groups is 1. The van der Waals surface area contributed by atoms with Crippen molar-refractivity contribution >= 4 is 45.3 Å². The molecular formula is C19H19BrN4OS. The second-order valence-corrected chi connectivity index (χ2v) is 7.62. The Morgan fingerprint density at radius 1 is 1.31 bits per heavy atom. The monoisotopic (exact) mass is 430 g/mol. The van der Waals surface area contributed by atoms with Gasteiger partial charge in [-0.2, -0.15) is 11.8 Å². The molecule has 2 heterocycles. The molecule has 0 saturated carbocycles. The largest absolute Gasteiger partial charge is 0.342 e. The van der Waals surface area contributed by atoms with Gasteiger partial charge in [0, 0.05) is 16.7 Å². The van der Waals surface area contributed by atoms with E-state index in [4.69, 9.17) is 0 Å². The smallest absolute Gasteiger partial charge is 0.244 e. The fourth-order valence-corrected chi connectivity index (χ4v) is 3.49. The van der Waals surface area contributed by atoms with Crippen molar-refractivity contribution in [3.05, 3.63) is 70.6 Å². The van der Waals surface area contributed by atoms with Gasteiger partial charge in [0.25, 0.3) is 0 Å². The van der Waals surface area contributed by atoms with Crippen LogP contribution in [0.4, 0.5) is 0 Å². The number of nitrogens with zero attached hydrogens (tertiary/aromatic N) is 3. The number of aromatic nitrogens is 3. The van der Waals surface area contributed by atoms with E-state index in [9.17, 15) is 4.79 Å². The molecule has 3 aromatic rings. The van der Waals surface area contributed by atoms with Crippen LogP contribution in [0.15, 0.2) is 59.2 Å². The predicted octanol–water partition coefficient (Wildman–Crippen LogP) is 4.12. The number of halogens is 1. The molecule has 0 aliphatic carbocycles. The van der Waals surface area contributed by atoms with Crippen LogP contribution >= 0.6 is 27.7 Å². The molecule has 7 heteroatoms. The van der Waals surface area contributed by atoms with E-state index >= 15 is 0 Å². The first-order valence-corrected chi connectivity index (χ1v) is 10.4. The minimum atomic E-state index is -0.195. The molecule has 3 rings (SSSR count). The first kappa shape index (κ1) is 18.7. The quantitative estimate of drug-likeness (QED) is 0.572. The number of hydrogen-bond donors (Lipinski definition) is 1. The summed E-state index contributed by atoms with van der Waals surface area (Å²) in [4.78, 5) is 12.4. The van der Waals surface area contributed by atoms with E-state index in [1.165, 1.54) is 0 Å². The van der Waals surface area contributed by atoms with Crippen LogP contribution in [0.25, 0.3) is 11.7 Å². The highest BCUT2D eigenvalue weighted by atomic mass is 79.9. The van der Waals surface area contributed by atoms with Crippen LogP contribution in [-0.2, 0) is 4.79 Å². The number of carbonyl (C=O) groups excluding carboxylic acids is 1. The fourth-order valence-electron chi connectivity index (χ4n) is 2.60. The van der Waals surface area contributed by atoms with Gasteiger partial charge in [0.05, 0.1) is 6.04 Å². The van der Waals surface area contributed by atoms with Crippen molar-refractivity contribution in [2.75, 3.05) is 12.0 Å². The van der Waals surface area contributed by atoms with Crippen molar-refractivity contribution in [3.8, 4) is 0 Å². The summed E-state index contributed by atoms with van der Waals surface area (Å²) in [5.74, 6) is 1.52. The normalized spacial score (nSPS) is 12.5. The van der Waals surface area contributed by atoms with E-state index < -0.39 is 0 Å². The lowest BCUT2D eigenvalue weighted by molar-refractivity contribution is -0.117. The number of carbonyl (C=O) groups is 1. The number of nitrogens with one attached hydrogen (secondary N) is 1. The number of benzene rings is 1. The van der Waals surface area contributed by atoms with Crippen LogP contribution in [0.3, 0.4) is 0 Å². The Labute approximate surface area is 165 Å². The van der Waals surface area contributed by atoms with Crippen LogP contribution in [0.2, 0.25) is 0 Å². The third-order valence-corrected chi connectivity index (χ3v) is 4.99. The van der Waals surface area contributed by atoms with Gasteiger partial charge < -0.3 is 5.32 Å². The molecule has 26 heavy (non-hydrogen) atoms. The van der Waals surface area contributed by atoms with E-state index in [0.717, 1.165) is 33.7 Å². The van der Waals surface area contributed by atoms with Crippen molar-refractivity contribution in [1.82, 2.24) is 19.9 Å². The molecule has 1 amide bonds. The first-order chi connectivity index (χ1) is 12.7. The molecule has 0 unspecified atom stereocenters. The molecule has 5 nitrogen and oxygen atoms in total. The van der Waals surface area contributed by atoms with Crippen LogP contribution in [-0.4, -0.2) is 32.5 Å². The Morgan fingerprint density at radius 3 is 3.00 bits per heavy atom. The maximum absolute atomic E-state index is 12.4. The van der Waals surface area contributed by atoms with Gasteiger partial charge in [0.2, 0.25) is 5.91 Å². The zero-order chi connectivity index (χ0) is 18.4. The summed E-state index contributed by atoms with van der Waals surface area (Å²) in [5.41, 5.74) is 1.73. The summed E-state index contributed by atoms with van der Waals surface area (Å²) >= 11 is 5.17. The molecule has 0 saturated heterocycles. The Bertz CT molecular complexity index is 925. The predicted molar refractivity (Wildman–Crippen MR) is 110 cm³/mol. The Kier molecular flexibility index (Phi) is 6.46. The molecule has 1 atom stereocenters. The van der Waals surface area contributed by atoms with Crippen LogP contribution in [0, 0.1) is 0 Å². The molecule has 134 valence electrons. The molecular weight excluding hydrogens is 412 g/mol. The molecule has 0 fully saturated rings. The van der Waals surface area contributed by atoms with Crippen molar-refractivity contribution in [2.24, 2.45) is 0 Å². The maximum atomic E-state index is 12.4. The molecule has 2 aromatic heterocycles. The van der Waals surface area contributed by atoms with E-state index in [1.54, 1.807) is 23.9 Å². The van der Waals surface area contributed by atoms with E-state index in [2.05, 4.69) is 31.4 Å². The lowest BCUT2D eigenvalue weighted by atomic mass is 10.2. The molecule has 1 aromatic carbocycles. The number of hydrogen-bond acceptors (Lipinski definition) is 4. The van der Waals surface area contributed by atoms with E-state index in [0.29, 0.717) is 0 Å². The van der Waals surface area contributed by atoms with Crippen molar-refractivity contribution < 1.29 is 4.79 Å². The lowest BCUT2D eigenvalue weighted by Gasteiger charge is -2.16. The van der Waals surface area contributed by atoms with Gasteiger partial charge >= 0.3 is 0 Å². The molecule has 0 aliphatic heterocycles. The van der Waals surface area contributed by atoms with Gasteiger partial charge in [-0.25, -0.2) is 0 Å². The summed E-state index contributed by atoms with van der Waals surface area (Å²) in [7, 11) is 0. The molecule has 0 aliphatic rings. The number of rotatable bonds is 7. The minimum absolute atomic E-state index is 0.149. The topological polar surface area (TPSA) is 59.3 Å². The van der Waals surface area contributed by atoms with Gasteiger partial charge in [-0.3, -0.25) is 9.20 Å². The van der Waals surface area contributed by atoms with Crippen LogP contribution in [0.1, 0.15) is 23.9 Å². The fraction of sp³-hybridized carbons (Fsp3) is 0.211. The summed E-state index contributed by atoms with van der Waals surface area (Å²) in [6.07, 6.45) is 8.10. The zero-order valence-electron chi connectivity index (χ0n) is 14.3. The summed E-state index contributed by atoms with van der Waals surface area (Å²) in [6, 6.07) is 13.4. The van der Waals surface area contributed by atoms with Gasteiger partial charge in [0.15, 0.2) is 11.5 Å². The highest BCUT2D eigenvalue weighted by Crippen LogP contribution is 2.18. The van der Waals surface area contributed by atoms with E-state index in [-0.39, 0.29) is 11.9 Å². The average molecular weight is 431 g/mol. The van der Waals surface area contributed by atoms with Gasteiger partial charge in [-0.15, -0.1) is 10.2 Å². The van der Waals surface area contributed by atoms with Crippen molar-refractivity contribution in [3.63, 3.8) is 0 Å². The Balaban J connectivity index is 1.77. The Hall–Kier alpha value is -2.12.